The number of aromatic amines is 1. The van der Waals surface area contributed by atoms with Gasteiger partial charge in [0.25, 0.3) is 0 Å². The normalized spacial score (nSPS) is 11.7. The van der Waals surface area contributed by atoms with Crippen molar-refractivity contribution in [2.45, 2.75) is 13.0 Å². The average molecular weight is 420 g/mol. The third kappa shape index (κ3) is 6.21. The van der Waals surface area contributed by atoms with Crippen LogP contribution in [0, 0.1) is 0 Å². The van der Waals surface area contributed by atoms with E-state index in [1.54, 1.807) is 24.4 Å². The van der Waals surface area contributed by atoms with E-state index in [2.05, 4.69) is 36.8 Å². The van der Waals surface area contributed by atoms with Crippen LogP contribution in [0.25, 0.3) is 11.2 Å². The maximum absolute atomic E-state index is 12.2. The second-order valence-electron chi connectivity index (χ2n) is 6.49. The van der Waals surface area contributed by atoms with E-state index in [4.69, 9.17) is 16.2 Å². The zero-order valence-electron chi connectivity index (χ0n) is 16.9. The fourth-order valence-electron chi connectivity index (χ4n) is 2.70. The fourth-order valence-corrected chi connectivity index (χ4v) is 2.70. The van der Waals surface area contributed by atoms with Crippen molar-refractivity contribution in [1.29, 1.82) is 0 Å². The Morgan fingerprint density at radius 1 is 1.32 bits per heavy atom. The minimum absolute atomic E-state index is 0.0918. The fraction of sp³-hybridized carbons (Fsp3) is 0.190. The van der Waals surface area contributed by atoms with E-state index in [0.717, 1.165) is 16.8 Å². The van der Waals surface area contributed by atoms with Crippen molar-refractivity contribution in [3.63, 3.8) is 0 Å². The lowest BCUT2D eigenvalue weighted by Gasteiger charge is -2.07. The predicted molar refractivity (Wildman–Crippen MR) is 118 cm³/mol. The van der Waals surface area contributed by atoms with Crippen LogP contribution in [0.3, 0.4) is 0 Å². The van der Waals surface area contributed by atoms with Crippen molar-refractivity contribution in [3.05, 3.63) is 72.4 Å². The van der Waals surface area contributed by atoms with Crippen LogP contribution in [0.15, 0.2) is 61.1 Å². The molecule has 0 saturated carbocycles. The molecule has 1 amide bonds. The number of rotatable bonds is 10. The lowest BCUT2D eigenvalue weighted by molar-refractivity contribution is -0.120. The number of hydrogen-bond acceptors (Lipinski definition) is 8. The van der Waals surface area contributed by atoms with Gasteiger partial charge in [0, 0.05) is 19.3 Å². The van der Waals surface area contributed by atoms with Gasteiger partial charge in [0.1, 0.15) is 12.1 Å². The van der Waals surface area contributed by atoms with Crippen LogP contribution in [0.1, 0.15) is 11.3 Å². The summed E-state index contributed by atoms with van der Waals surface area (Å²) in [6.45, 7) is 4.75. The molecule has 0 aliphatic heterocycles. The van der Waals surface area contributed by atoms with Gasteiger partial charge in [-0.05, 0) is 29.3 Å². The Labute approximate surface area is 179 Å². The molecule has 0 bridgehead atoms. The Morgan fingerprint density at radius 2 is 2.19 bits per heavy atom. The number of carbonyl (C=O) groups is 1. The van der Waals surface area contributed by atoms with E-state index >= 15 is 0 Å². The number of ether oxygens (including phenoxy) is 1. The monoisotopic (exact) mass is 420 g/mol. The zero-order valence-corrected chi connectivity index (χ0v) is 16.9. The number of anilines is 1. The highest BCUT2D eigenvalue weighted by Crippen LogP contribution is 2.19. The summed E-state index contributed by atoms with van der Waals surface area (Å²) in [5.41, 5.74) is 14.7. The van der Waals surface area contributed by atoms with E-state index in [-0.39, 0.29) is 24.9 Å². The molecule has 10 heteroatoms. The largest absolute Gasteiger partial charge is 0.472 e. The molecule has 3 aromatic rings. The number of allylic oxidation sites excluding steroid dienone is 2. The van der Waals surface area contributed by atoms with E-state index in [9.17, 15) is 4.79 Å². The van der Waals surface area contributed by atoms with Crippen molar-refractivity contribution >= 4 is 23.0 Å². The molecule has 0 spiro atoms. The first kappa shape index (κ1) is 21.7. The van der Waals surface area contributed by atoms with Crippen molar-refractivity contribution in [3.8, 4) is 5.88 Å². The van der Waals surface area contributed by atoms with Crippen molar-refractivity contribution < 1.29 is 9.53 Å². The first-order valence-corrected chi connectivity index (χ1v) is 9.57. The second kappa shape index (κ2) is 10.6. The summed E-state index contributed by atoms with van der Waals surface area (Å²) in [7, 11) is 0. The van der Waals surface area contributed by atoms with Gasteiger partial charge >= 0.3 is 0 Å². The smallest absolute Gasteiger partial charge is 0.245 e. The molecule has 0 unspecified atom stereocenters. The second-order valence-corrected chi connectivity index (χ2v) is 6.49. The van der Waals surface area contributed by atoms with Gasteiger partial charge in [-0.1, -0.05) is 24.8 Å². The van der Waals surface area contributed by atoms with Crippen LogP contribution in [0.4, 0.5) is 5.95 Å². The minimum Gasteiger partial charge on any atom is -0.472 e. The number of nitrogens with one attached hydrogen (secondary N) is 2. The van der Waals surface area contributed by atoms with Crippen LogP contribution in [0.5, 0.6) is 5.88 Å². The van der Waals surface area contributed by atoms with Crippen molar-refractivity contribution in [1.82, 2.24) is 30.2 Å². The van der Waals surface area contributed by atoms with Crippen molar-refractivity contribution in [2.75, 3.05) is 18.9 Å². The average Bonchev–Trinajstić information content (AvgIpc) is 3.24. The summed E-state index contributed by atoms with van der Waals surface area (Å²) in [5, 5.41) is 2.87. The molecule has 160 valence electrons. The lowest BCUT2D eigenvalue weighted by Crippen LogP contribution is -2.26. The molecule has 6 N–H and O–H groups in total. The highest BCUT2D eigenvalue weighted by atomic mass is 16.5. The van der Waals surface area contributed by atoms with Crippen LogP contribution in [-0.2, 0) is 17.8 Å². The van der Waals surface area contributed by atoms with Crippen molar-refractivity contribution in [2.24, 2.45) is 5.73 Å². The molecule has 0 atom stereocenters. The maximum Gasteiger partial charge on any atom is 0.245 e. The van der Waals surface area contributed by atoms with Crippen LogP contribution >= 0.6 is 0 Å². The molecular formula is C21H24N8O2. The van der Waals surface area contributed by atoms with E-state index < -0.39 is 0 Å². The summed E-state index contributed by atoms with van der Waals surface area (Å²) in [6, 6.07) is 3.63. The topological polar surface area (TPSA) is 158 Å². The van der Waals surface area contributed by atoms with Gasteiger partial charge in [-0.25, -0.2) is 4.98 Å². The van der Waals surface area contributed by atoms with E-state index in [1.165, 1.54) is 6.33 Å². The molecule has 31 heavy (non-hydrogen) atoms. The number of hydrogen-bond donors (Lipinski definition) is 4. The zero-order chi connectivity index (χ0) is 22.1. The Hall–Kier alpha value is -4.05. The molecule has 0 radical (unpaired) electrons. The van der Waals surface area contributed by atoms with Gasteiger partial charge in [0.2, 0.25) is 17.7 Å². The first-order valence-electron chi connectivity index (χ1n) is 9.57. The van der Waals surface area contributed by atoms with Crippen LogP contribution < -0.4 is 21.5 Å². The molecule has 0 aromatic carbocycles. The number of nitrogens with two attached hydrogens (primary N) is 2. The molecule has 0 fully saturated rings. The van der Waals surface area contributed by atoms with Gasteiger partial charge in [0.15, 0.2) is 5.65 Å². The highest BCUT2D eigenvalue weighted by molar-refractivity contribution is 5.79. The van der Waals surface area contributed by atoms with Gasteiger partial charge in [-0.2, -0.15) is 9.97 Å². The number of imidazole rings is 1. The molecule has 0 aliphatic carbocycles. The summed E-state index contributed by atoms with van der Waals surface area (Å²) in [5.74, 6) is 0.326. The highest BCUT2D eigenvalue weighted by Gasteiger charge is 2.09. The van der Waals surface area contributed by atoms with Crippen LogP contribution in [-0.4, -0.2) is 44.0 Å². The third-order valence-electron chi connectivity index (χ3n) is 4.24. The number of aromatic nitrogens is 5. The van der Waals surface area contributed by atoms with Gasteiger partial charge in [-0.3, -0.25) is 9.78 Å². The lowest BCUT2D eigenvalue weighted by atomic mass is 10.1. The summed E-state index contributed by atoms with van der Waals surface area (Å²) in [6.07, 6.45) is 10.6. The Morgan fingerprint density at radius 3 is 3.00 bits per heavy atom. The quantitative estimate of drug-likeness (QED) is 0.356. The first-order chi connectivity index (χ1) is 15.1. The summed E-state index contributed by atoms with van der Waals surface area (Å²) < 4.78 is 5.63. The summed E-state index contributed by atoms with van der Waals surface area (Å²) in [4.78, 5) is 31.3. The van der Waals surface area contributed by atoms with Gasteiger partial charge in [-0.15, -0.1) is 0 Å². The third-order valence-corrected chi connectivity index (χ3v) is 4.24. The number of pyridine rings is 1. The van der Waals surface area contributed by atoms with E-state index in [1.807, 2.05) is 18.2 Å². The van der Waals surface area contributed by atoms with Gasteiger partial charge in [0.05, 0.1) is 18.4 Å². The Bertz CT molecular complexity index is 1120. The number of H-pyrrole nitrogens is 1. The molecule has 0 saturated heterocycles. The minimum atomic E-state index is -0.0980. The Kier molecular flexibility index (Phi) is 7.44. The predicted octanol–water partition coefficient (Wildman–Crippen LogP) is 1.20. The van der Waals surface area contributed by atoms with E-state index in [0.29, 0.717) is 30.1 Å². The number of fused-ring (bicyclic) bond motifs is 1. The molecule has 0 aliphatic rings. The molecule has 3 aromatic heterocycles. The molecular weight excluding hydrogens is 396 g/mol. The van der Waals surface area contributed by atoms with Gasteiger partial charge < -0.3 is 26.5 Å². The molecule has 3 heterocycles. The Balaban J connectivity index is 1.48. The number of carbonyl (C=O) groups excluding carboxylic acids is 1. The molecule has 10 nitrogen and oxygen atoms in total. The van der Waals surface area contributed by atoms with Crippen LogP contribution in [0.2, 0.25) is 0 Å². The summed E-state index contributed by atoms with van der Waals surface area (Å²) >= 11 is 0. The molecule has 3 rings (SSSR count). The number of nitrogen functional groups attached to an aromatic ring is 1. The number of amides is 1. The maximum atomic E-state index is 12.2. The number of nitrogens with zero attached hydrogens (tertiary/aromatic N) is 4. The standard InChI is InChI=1S/C21H24N8O2/c1-2-14(12-25-17(30)10-15-6-7-24-16(9-15)11-22)5-3-4-8-31-20-18-19(27-13-26-18)28-21(23)29-20/h2-7,9,13H,1,8,10-12,22H2,(H,25,30)(H3,23,26,27,28,29). The SMILES string of the molecule is C=CC(=CC=CCOc1nc(N)nc2nc[nH]c12)CNC(=O)Cc1ccnc(CN)c1.